The highest BCUT2D eigenvalue weighted by Crippen LogP contribution is 2.40. The average molecular weight is 643 g/mol. The third-order valence-electron chi connectivity index (χ3n) is 6.95. The van der Waals surface area contributed by atoms with Crippen molar-refractivity contribution >= 4 is 52.5 Å². The van der Waals surface area contributed by atoms with Gasteiger partial charge in [0.15, 0.2) is 6.29 Å². The number of carbonyl (C=O) groups excluding carboxylic acids is 1. The molecule has 1 aliphatic heterocycles. The maximum atomic E-state index is 11.9. The topological polar surface area (TPSA) is 67.8 Å². The van der Waals surface area contributed by atoms with Gasteiger partial charge in [-0.2, -0.15) is 0 Å². The fraction of sp³-hybridized carbons (Fsp3) is 0.242. The zero-order valence-corrected chi connectivity index (χ0v) is 25.7. The van der Waals surface area contributed by atoms with Gasteiger partial charge in [-0.3, -0.25) is 4.79 Å². The van der Waals surface area contributed by atoms with Gasteiger partial charge >= 0.3 is 0 Å². The molecule has 0 unspecified atom stereocenters. The number of amides is 1. The van der Waals surface area contributed by atoms with Gasteiger partial charge in [0.05, 0.1) is 18.8 Å². The number of alkyl halides is 3. The van der Waals surface area contributed by atoms with Crippen molar-refractivity contribution in [3.63, 3.8) is 0 Å². The van der Waals surface area contributed by atoms with Crippen LogP contribution < -0.4 is 5.32 Å². The van der Waals surface area contributed by atoms with Gasteiger partial charge in [0, 0.05) is 29.2 Å². The molecular weight excluding hydrogens is 613 g/mol. The lowest BCUT2D eigenvalue weighted by molar-refractivity contribution is -0.245. The quantitative estimate of drug-likeness (QED) is 0.142. The Morgan fingerprint density at radius 3 is 2.24 bits per heavy atom. The summed E-state index contributed by atoms with van der Waals surface area (Å²) in [7, 11) is 0. The Morgan fingerprint density at radius 1 is 0.833 bits per heavy atom. The monoisotopic (exact) mass is 641 g/mol. The molecule has 2 N–H and O–H groups in total. The highest BCUT2D eigenvalue weighted by Gasteiger charge is 2.32. The van der Waals surface area contributed by atoms with E-state index in [9.17, 15) is 9.90 Å². The van der Waals surface area contributed by atoms with Crippen LogP contribution in [0, 0.1) is 0 Å². The predicted octanol–water partition coefficient (Wildman–Crippen LogP) is 8.17. The van der Waals surface area contributed by atoms with Crippen molar-refractivity contribution in [3.8, 4) is 11.1 Å². The number of aliphatic hydroxyl groups excluding tert-OH is 1. The Hall–Kier alpha value is -2.55. The molecule has 0 bridgehead atoms. The summed E-state index contributed by atoms with van der Waals surface area (Å²) in [6.07, 6.45) is 0.0436. The molecular formula is C33H30Cl3NO4S. The lowest BCUT2D eigenvalue weighted by Gasteiger charge is -2.36. The molecule has 1 aliphatic rings. The average Bonchev–Trinajstić information content (AvgIpc) is 3.03. The molecule has 5 nitrogen and oxygen atoms in total. The van der Waals surface area contributed by atoms with Crippen LogP contribution in [-0.2, 0) is 27.4 Å². The van der Waals surface area contributed by atoms with Gasteiger partial charge in [-0.1, -0.05) is 120 Å². The second-order valence-corrected chi connectivity index (χ2v) is 13.4. The van der Waals surface area contributed by atoms with E-state index in [1.165, 1.54) is 4.90 Å². The molecule has 42 heavy (non-hydrogen) atoms. The summed E-state index contributed by atoms with van der Waals surface area (Å²) in [5.74, 6) is 0.132. The van der Waals surface area contributed by atoms with Crippen LogP contribution in [0.4, 0.5) is 0 Å². The number of rotatable bonds is 9. The molecule has 4 aromatic carbocycles. The zero-order valence-electron chi connectivity index (χ0n) is 22.6. The van der Waals surface area contributed by atoms with Crippen molar-refractivity contribution in [1.82, 2.24) is 5.32 Å². The Balaban J connectivity index is 1.31. The third kappa shape index (κ3) is 8.29. The number of hydrogen-bond donors (Lipinski definition) is 2. The number of thioether (sulfide) groups is 1. The molecule has 3 atom stereocenters. The third-order valence-corrected chi connectivity index (χ3v) is 8.61. The van der Waals surface area contributed by atoms with Crippen LogP contribution in [0.3, 0.4) is 0 Å². The molecule has 4 aromatic rings. The first kappa shape index (κ1) is 30.9. The molecule has 0 aliphatic carbocycles. The minimum atomic E-state index is -2.00. The summed E-state index contributed by atoms with van der Waals surface area (Å²) in [6, 6.07) is 34.2. The number of nitrogens with one attached hydrogen (secondary N) is 1. The number of carbonyl (C=O) groups is 1. The molecule has 0 spiro atoms. The van der Waals surface area contributed by atoms with Crippen LogP contribution in [0.2, 0.25) is 0 Å². The van der Waals surface area contributed by atoms with Gasteiger partial charge in [-0.25, -0.2) is 0 Å². The van der Waals surface area contributed by atoms with Crippen LogP contribution in [-0.4, -0.2) is 26.7 Å². The highest BCUT2D eigenvalue weighted by molar-refractivity contribution is 7.99. The van der Waals surface area contributed by atoms with E-state index >= 15 is 0 Å². The predicted molar refractivity (Wildman–Crippen MR) is 170 cm³/mol. The van der Waals surface area contributed by atoms with Gasteiger partial charge in [0.25, 0.3) is 9.70 Å². The van der Waals surface area contributed by atoms with E-state index < -0.39 is 16.0 Å². The van der Waals surface area contributed by atoms with Crippen LogP contribution in [0.25, 0.3) is 11.1 Å². The van der Waals surface area contributed by atoms with Gasteiger partial charge in [-0.15, -0.1) is 11.8 Å². The fourth-order valence-corrected chi connectivity index (χ4v) is 5.85. The summed E-state index contributed by atoms with van der Waals surface area (Å²) >= 11 is 18.7. The van der Waals surface area contributed by atoms with E-state index in [-0.39, 0.29) is 25.4 Å². The SMILES string of the molecule is O=C(NCc1cccc(-c2ccc([C@@H]3O[C@H](CSc4ccccc4)C[C@H](c4ccc(CO)cc4)O3)cc2)c1)C(Cl)(Cl)Cl. The molecule has 9 heteroatoms. The summed E-state index contributed by atoms with van der Waals surface area (Å²) in [5, 5.41) is 12.1. The molecule has 218 valence electrons. The van der Waals surface area contributed by atoms with Gasteiger partial charge in [0.2, 0.25) is 0 Å². The number of benzene rings is 4. The van der Waals surface area contributed by atoms with E-state index in [1.807, 2.05) is 91.0 Å². The summed E-state index contributed by atoms with van der Waals surface area (Å²) in [6.45, 7) is 0.248. The van der Waals surface area contributed by atoms with E-state index in [2.05, 4.69) is 17.4 Å². The van der Waals surface area contributed by atoms with Crippen molar-refractivity contribution in [2.24, 2.45) is 0 Å². The molecule has 5 rings (SSSR count). The lowest BCUT2D eigenvalue weighted by atomic mass is 9.99. The fourth-order valence-electron chi connectivity index (χ4n) is 4.70. The Bertz CT molecular complexity index is 1460. The van der Waals surface area contributed by atoms with Crippen molar-refractivity contribution in [2.75, 3.05) is 5.75 Å². The first-order chi connectivity index (χ1) is 20.3. The Morgan fingerprint density at radius 2 is 1.55 bits per heavy atom. The van der Waals surface area contributed by atoms with Gasteiger partial charge < -0.3 is 19.9 Å². The molecule has 1 saturated heterocycles. The summed E-state index contributed by atoms with van der Waals surface area (Å²) < 4.78 is 11.0. The number of aliphatic hydroxyl groups is 1. The first-order valence-electron chi connectivity index (χ1n) is 13.5. The van der Waals surface area contributed by atoms with Crippen LogP contribution in [0.5, 0.6) is 0 Å². The van der Waals surface area contributed by atoms with Crippen LogP contribution >= 0.6 is 46.6 Å². The second-order valence-electron chi connectivity index (χ2n) is 9.98. The van der Waals surface area contributed by atoms with E-state index in [0.717, 1.165) is 45.6 Å². The lowest BCUT2D eigenvalue weighted by Crippen LogP contribution is -2.33. The van der Waals surface area contributed by atoms with Crippen molar-refractivity contribution in [1.29, 1.82) is 0 Å². The number of hydrogen-bond acceptors (Lipinski definition) is 5. The van der Waals surface area contributed by atoms with Crippen molar-refractivity contribution in [2.45, 2.75) is 46.8 Å². The maximum absolute atomic E-state index is 11.9. The summed E-state index contributed by atoms with van der Waals surface area (Å²) in [5.41, 5.74) is 5.74. The summed E-state index contributed by atoms with van der Waals surface area (Å²) in [4.78, 5) is 13.1. The minimum absolute atomic E-state index is 0.00668. The standard InChI is InChI=1S/C33H30Cl3NO4S/c34-33(35,36)32(39)37-19-23-5-4-6-27(17-23)24-13-15-26(16-14-24)31-40-28(21-42-29-7-2-1-3-8-29)18-30(41-31)25-11-9-22(20-38)10-12-25/h1-17,28,30-31,38H,18-21H2,(H,37,39)/t28-,30+,31+/m0/s1. The normalized spacial score (nSPS) is 18.9. The van der Waals surface area contributed by atoms with Gasteiger partial charge in [-0.05, 0) is 46.0 Å². The molecule has 0 saturated carbocycles. The molecule has 1 fully saturated rings. The van der Waals surface area contributed by atoms with Gasteiger partial charge in [0.1, 0.15) is 0 Å². The number of ether oxygens (including phenoxy) is 2. The maximum Gasteiger partial charge on any atom is 0.272 e. The molecule has 0 aromatic heterocycles. The first-order valence-corrected chi connectivity index (χ1v) is 15.6. The van der Waals surface area contributed by atoms with E-state index in [4.69, 9.17) is 44.3 Å². The van der Waals surface area contributed by atoms with E-state index in [0.29, 0.717) is 0 Å². The second kappa shape index (κ2) is 14.3. The Labute approximate surface area is 265 Å². The highest BCUT2D eigenvalue weighted by atomic mass is 35.6. The largest absolute Gasteiger partial charge is 0.392 e. The van der Waals surface area contributed by atoms with Crippen molar-refractivity contribution in [3.05, 3.63) is 125 Å². The zero-order chi connectivity index (χ0) is 29.5. The molecule has 1 amide bonds. The van der Waals surface area contributed by atoms with Crippen LogP contribution in [0.1, 0.15) is 41.1 Å². The number of halogens is 3. The molecule has 0 radical (unpaired) electrons. The van der Waals surface area contributed by atoms with Crippen molar-refractivity contribution < 1.29 is 19.4 Å². The molecule has 1 heterocycles. The van der Waals surface area contributed by atoms with E-state index in [1.54, 1.807) is 11.8 Å². The smallest absolute Gasteiger partial charge is 0.272 e. The minimum Gasteiger partial charge on any atom is -0.392 e. The Kier molecular flexibility index (Phi) is 10.5. The van der Waals surface area contributed by atoms with Crippen LogP contribution in [0.15, 0.2) is 108 Å².